The maximum atomic E-state index is 6.09. The molecule has 3 nitrogen and oxygen atoms in total. The van der Waals surface area contributed by atoms with Crippen molar-refractivity contribution in [2.24, 2.45) is 5.73 Å². The minimum atomic E-state index is 0.428. The molecule has 0 radical (unpaired) electrons. The molecule has 0 fully saturated rings. The van der Waals surface area contributed by atoms with Crippen molar-refractivity contribution >= 4 is 23.2 Å². The Kier molecular flexibility index (Phi) is 4.91. The first-order chi connectivity index (χ1) is 9.19. The predicted octanol–water partition coefficient (Wildman–Crippen LogP) is 4.12. The first-order valence-corrected chi connectivity index (χ1v) is 6.50. The topological polar surface area (TPSA) is 44.5 Å². The van der Waals surface area contributed by atoms with Crippen LogP contribution in [0.2, 0.25) is 10.0 Å². The van der Waals surface area contributed by atoms with Gasteiger partial charge in [0.15, 0.2) is 0 Å². The molecule has 0 aromatic heterocycles. The molecular weight excluding hydrogens is 285 g/mol. The molecular formula is C14H13Cl2NO2. The van der Waals surface area contributed by atoms with Crippen molar-refractivity contribution in [1.29, 1.82) is 0 Å². The van der Waals surface area contributed by atoms with Gasteiger partial charge in [0, 0.05) is 17.6 Å². The monoisotopic (exact) mass is 297 g/mol. The van der Waals surface area contributed by atoms with E-state index in [0.717, 1.165) is 0 Å². The summed E-state index contributed by atoms with van der Waals surface area (Å²) in [5, 5.41) is 1.15. The van der Waals surface area contributed by atoms with Crippen LogP contribution in [0.15, 0.2) is 42.5 Å². The number of benzene rings is 2. The summed E-state index contributed by atoms with van der Waals surface area (Å²) in [4.78, 5) is 0. The highest BCUT2D eigenvalue weighted by Gasteiger charge is 2.04. The third-order valence-corrected chi connectivity index (χ3v) is 2.88. The number of ether oxygens (including phenoxy) is 2. The summed E-state index contributed by atoms with van der Waals surface area (Å²) in [6, 6.07) is 12.3. The van der Waals surface area contributed by atoms with E-state index in [1.165, 1.54) is 0 Å². The molecule has 2 aromatic rings. The second-order valence-corrected chi connectivity index (χ2v) is 4.63. The van der Waals surface area contributed by atoms with Gasteiger partial charge in [-0.2, -0.15) is 0 Å². The molecule has 19 heavy (non-hydrogen) atoms. The summed E-state index contributed by atoms with van der Waals surface area (Å²) in [5.74, 6) is 1.92. The lowest BCUT2D eigenvalue weighted by molar-refractivity contribution is 0.328. The van der Waals surface area contributed by atoms with Crippen LogP contribution in [0.25, 0.3) is 0 Å². The molecule has 0 spiro atoms. The number of hydrogen-bond acceptors (Lipinski definition) is 3. The zero-order valence-electron chi connectivity index (χ0n) is 10.1. The molecule has 0 aliphatic heterocycles. The van der Waals surface area contributed by atoms with Crippen LogP contribution in [0.5, 0.6) is 17.2 Å². The van der Waals surface area contributed by atoms with Crippen LogP contribution in [0.4, 0.5) is 0 Å². The third-order valence-electron chi connectivity index (χ3n) is 2.33. The Morgan fingerprint density at radius 2 is 1.63 bits per heavy atom. The normalized spacial score (nSPS) is 10.3. The van der Waals surface area contributed by atoms with Gasteiger partial charge in [-0.25, -0.2) is 0 Å². The molecule has 0 unspecified atom stereocenters. The maximum absolute atomic E-state index is 6.09. The molecule has 5 heteroatoms. The van der Waals surface area contributed by atoms with Gasteiger partial charge in [0.25, 0.3) is 0 Å². The Balaban J connectivity index is 2.09. The van der Waals surface area contributed by atoms with Gasteiger partial charge in [-0.3, -0.25) is 0 Å². The van der Waals surface area contributed by atoms with Crippen LogP contribution in [-0.4, -0.2) is 13.2 Å². The zero-order valence-corrected chi connectivity index (χ0v) is 11.6. The van der Waals surface area contributed by atoms with E-state index in [-0.39, 0.29) is 0 Å². The van der Waals surface area contributed by atoms with E-state index in [9.17, 15) is 0 Å². The van der Waals surface area contributed by atoms with E-state index >= 15 is 0 Å². The first-order valence-electron chi connectivity index (χ1n) is 5.75. The second kappa shape index (κ2) is 6.66. The van der Waals surface area contributed by atoms with E-state index in [1.54, 1.807) is 42.5 Å². The molecule has 0 aliphatic carbocycles. The number of rotatable bonds is 5. The molecule has 100 valence electrons. The van der Waals surface area contributed by atoms with Gasteiger partial charge < -0.3 is 15.2 Å². The summed E-state index contributed by atoms with van der Waals surface area (Å²) in [6.07, 6.45) is 0. The highest BCUT2D eigenvalue weighted by atomic mass is 35.5. The average Bonchev–Trinajstić information content (AvgIpc) is 2.41. The van der Waals surface area contributed by atoms with Crippen LogP contribution in [-0.2, 0) is 0 Å². The van der Waals surface area contributed by atoms with E-state index in [0.29, 0.717) is 40.4 Å². The summed E-state index contributed by atoms with van der Waals surface area (Å²) in [5.41, 5.74) is 5.37. The van der Waals surface area contributed by atoms with Crippen LogP contribution >= 0.6 is 23.2 Å². The van der Waals surface area contributed by atoms with Crippen LogP contribution in [0.3, 0.4) is 0 Å². The zero-order chi connectivity index (χ0) is 13.7. The highest BCUT2D eigenvalue weighted by Crippen LogP contribution is 2.31. The molecule has 0 bridgehead atoms. The van der Waals surface area contributed by atoms with E-state index in [2.05, 4.69) is 0 Å². The molecule has 2 rings (SSSR count). The quantitative estimate of drug-likeness (QED) is 0.903. The molecule has 0 heterocycles. The lowest BCUT2D eigenvalue weighted by Crippen LogP contribution is -2.10. The molecule has 0 saturated carbocycles. The Morgan fingerprint density at radius 3 is 2.26 bits per heavy atom. The Bertz CT molecular complexity index is 544. The van der Waals surface area contributed by atoms with E-state index in [1.807, 2.05) is 0 Å². The number of nitrogens with two attached hydrogens (primary N) is 1. The molecule has 2 N–H and O–H groups in total. The second-order valence-electron chi connectivity index (χ2n) is 3.79. The molecule has 0 amide bonds. The fourth-order valence-corrected chi connectivity index (χ4v) is 1.82. The molecule has 0 aliphatic rings. The smallest absolute Gasteiger partial charge is 0.138 e. The Hall–Kier alpha value is -1.42. The standard InChI is InChI=1S/C14H13Cl2NO2/c15-10-1-3-11(4-2-10)19-12-5-6-14(13(16)9-12)18-8-7-17/h1-6,9H,7-8,17H2. The summed E-state index contributed by atoms with van der Waals surface area (Å²) >= 11 is 11.9. The van der Waals surface area contributed by atoms with E-state index < -0.39 is 0 Å². The van der Waals surface area contributed by atoms with Gasteiger partial charge >= 0.3 is 0 Å². The molecule has 0 saturated heterocycles. The van der Waals surface area contributed by atoms with Crippen molar-refractivity contribution in [1.82, 2.24) is 0 Å². The lowest BCUT2D eigenvalue weighted by Gasteiger charge is -2.09. The van der Waals surface area contributed by atoms with Gasteiger partial charge in [-0.15, -0.1) is 0 Å². The fourth-order valence-electron chi connectivity index (χ4n) is 1.47. The SMILES string of the molecule is NCCOc1ccc(Oc2ccc(Cl)cc2)cc1Cl. The largest absolute Gasteiger partial charge is 0.491 e. The third kappa shape index (κ3) is 4.03. The maximum Gasteiger partial charge on any atom is 0.138 e. The number of hydrogen-bond donors (Lipinski definition) is 1. The van der Waals surface area contributed by atoms with Crippen molar-refractivity contribution in [3.8, 4) is 17.2 Å². The van der Waals surface area contributed by atoms with Crippen LogP contribution in [0, 0.1) is 0 Å². The van der Waals surface area contributed by atoms with Gasteiger partial charge in [0.1, 0.15) is 23.9 Å². The van der Waals surface area contributed by atoms with Gasteiger partial charge in [-0.05, 0) is 36.4 Å². The van der Waals surface area contributed by atoms with Crippen molar-refractivity contribution < 1.29 is 9.47 Å². The van der Waals surface area contributed by atoms with Crippen molar-refractivity contribution in [3.05, 3.63) is 52.5 Å². The molecule has 2 aromatic carbocycles. The van der Waals surface area contributed by atoms with Crippen molar-refractivity contribution in [3.63, 3.8) is 0 Å². The first kappa shape index (κ1) is 14.0. The van der Waals surface area contributed by atoms with Gasteiger partial charge in [-0.1, -0.05) is 23.2 Å². The summed E-state index contributed by atoms with van der Waals surface area (Å²) in [7, 11) is 0. The predicted molar refractivity (Wildman–Crippen MR) is 77.5 cm³/mol. The van der Waals surface area contributed by atoms with Crippen LogP contribution < -0.4 is 15.2 Å². The summed E-state index contributed by atoms with van der Waals surface area (Å²) in [6.45, 7) is 0.871. The van der Waals surface area contributed by atoms with E-state index in [4.69, 9.17) is 38.4 Å². The van der Waals surface area contributed by atoms with Gasteiger partial charge in [0.05, 0.1) is 5.02 Å². The Labute approximate surface area is 121 Å². The minimum Gasteiger partial charge on any atom is -0.491 e. The minimum absolute atomic E-state index is 0.428. The lowest BCUT2D eigenvalue weighted by atomic mass is 10.3. The van der Waals surface area contributed by atoms with Crippen molar-refractivity contribution in [2.45, 2.75) is 0 Å². The summed E-state index contributed by atoms with van der Waals surface area (Å²) < 4.78 is 11.0. The Morgan fingerprint density at radius 1 is 0.947 bits per heavy atom. The average molecular weight is 298 g/mol. The van der Waals surface area contributed by atoms with Gasteiger partial charge in [0.2, 0.25) is 0 Å². The van der Waals surface area contributed by atoms with Crippen molar-refractivity contribution in [2.75, 3.05) is 13.2 Å². The fraction of sp³-hybridized carbons (Fsp3) is 0.143. The van der Waals surface area contributed by atoms with Crippen LogP contribution in [0.1, 0.15) is 0 Å². The number of halogens is 2. The molecule has 0 atom stereocenters. The highest BCUT2D eigenvalue weighted by molar-refractivity contribution is 6.32.